The molecule has 1 aromatic heterocycles. The zero-order chi connectivity index (χ0) is 13.7. The van der Waals surface area contributed by atoms with Crippen molar-refractivity contribution in [3.8, 4) is 0 Å². The van der Waals surface area contributed by atoms with Gasteiger partial charge in [0.25, 0.3) is 5.89 Å². The maximum atomic E-state index is 11.9. The summed E-state index contributed by atoms with van der Waals surface area (Å²) in [5.74, 6) is 0.524. The first-order valence-corrected chi connectivity index (χ1v) is 6.57. The molecule has 19 heavy (non-hydrogen) atoms. The van der Waals surface area contributed by atoms with Crippen molar-refractivity contribution in [1.82, 2.24) is 15.5 Å². The number of carbonyl (C=O) groups excluding carboxylic acids is 1. The van der Waals surface area contributed by atoms with Crippen LogP contribution in [0.5, 0.6) is 0 Å². The molecular weight excluding hydrogens is 250 g/mol. The van der Waals surface area contributed by atoms with Crippen LogP contribution in [0.4, 0.5) is 0 Å². The number of aliphatic hydroxyl groups excluding tert-OH is 2. The summed E-state index contributed by atoms with van der Waals surface area (Å²) in [6.45, 7) is 0.148. The fourth-order valence-electron chi connectivity index (χ4n) is 2.30. The minimum atomic E-state index is -0.353. The van der Waals surface area contributed by atoms with Crippen LogP contribution in [0.15, 0.2) is 4.52 Å². The molecule has 0 spiro atoms. The maximum Gasteiger partial charge on any atom is 0.252 e. The van der Waals surface area contributed by atoms with E-state index in [-0.39, 0.29) is 30.4 Å². The van der Waals surface area contributed by atoms with Crippen molar-refractivity contribution < 1.29 is 19.5 Å². The van der Waals surface area contributed by atoms with E-state index in [0.717, 1.165) is 19.3 Å². The topological polar surface area (TPSA) is 108 Å². The first-order chi connectivity index (χ1) is 9.19. The molecule has 1 aromatic rings. The Hall–Kier alpha value is -1.47. The molecule has 1 aliphatic rings. The van der Waals surface area contributed by atoms with Gasteiger partial charge in [-0.05, 0) is 19.3 Å². The molecule has 0 bridgehead atoms. The smallest absolute Gasteiger partial charge is 0.252 e. The standard InChI is InChI=1S/C12H19N3O4/c16-7-11-14-10(15-19-11)4-5-13-12(18)8-2-1-3-9(17)6-8/h8-9,16-17H,1-7H2,(H,13,18)/t8-,9-/m0/s1. The van der Waals surface area contributed by atoms with Crippen molar-refractivity contribution in [3.63, 3.8) is 0 Å². The predicted molar refractivity (Wildman–Crippen MR) is 64.9 cm³/mol. The zero-order valence-electron chi connectivity index (χ0n) is 10.7. The molecule has 1 amide bonds. The molecule has 0 saturated heterocycles. The number of aromatic nitrogens is 2. The highest BCUT2D eigenvalue weighted by atomic mass is 16.5. The summed E-state index contributed by atoms with van der Waals surface area (Å²) in [5, 5.41) is 24.8. The second-order valence-corrected chi connectivity index (χ2v) is 4.82. The summed E-state index contributed by atoms with van der Waals surface area (Å²) < 4.78 is 4.74. The van der Waals surface area contributed by atoms with E-state index in [4.69, 9.17) is 9.63 Å². The van der Waals surface area contributed by atoms with Gasteiger partial charge in [-0.15, -0.1) is 0 Å². The molecule has 2 atom stereocenters. The van der Waals surface area contributed by atoms with E-state index < -0.39 is 0 Å². The molecule has 1 heterocycles. The highest BCUT2D eigenvalue weighted by molar-refractivity contribution is 5.78. The first kappa shape index (κ1) is 14.0. The van der Waals surface area contributed by atoms with Crippen LogP contribution >= 0.6 is 0 Å². The minimum absolute atomic E-state index is 0.0235. The van der Waals surface area contributed by atoms with Crippen molar-refractivity contribution in [3.05, 3.63) is 11.7 Å². The molecule has 1 saturated carbocycles. The van der Waals surface area contributed by atoms with E-state index >= 15 is 0 Å². The third-order valence-electron chi connectivity index (χ3n) is 3.31. The van der Waals surface area contributed by atoms with Crippen LogP contribution in [0.2, 0.25) is 0 Å². The molecule has 1 fully saturated rings. The number of rotatable bonds is 5. The van der Waals surface area contributed by atoms with E-state index in [1.54, 1.807) is 0 Å². The van der Waals surface area contributed by atoms with Gasteiger partial charge in [0, 0.05) is 18.9 Å². The number of amides is 1. The monoisotopic (exact) mass is 269 g/mol. The van der Waals surface area contributed by atoms with E-state index in [1.807, 2.05) is 0 Å². The number of hydrogen-bond acceptors (Lipinski definition) is 6. The summed E-state index contributed by atoms with van der Waals surface area (Å²) in [5.41, 5.74) is 0. The SMILES string of the molecule is O=C(NCCc1noc(CO)n1)[C@H]1CCC[C@H](O)C1. The average molecular weight is 269 g/mol. The van der Waals surface area contributed by atoms with E-state index in [9.17, 15) is 9.90 Å². The van der Waals surface area contributed by atoms with Crippen LogP contribution in [-0.4, -0.2) is 38.9 Å². The molecule has 0 aliphatic heterocycles. The van der Waals surface area contributed by atoms with Gasteiger partial charge in [-0.1, -0.05) is 11.6 Å². The number of aliphatic hydroxyl groups is 2. The van der Waals surface area contributed by atoms with Crippen molar-refractivity contribution in [2.24, 2.45) is 5.92 Å². The van der Waals surface area contributed by atoms with Gasteiger partial charge >= 0.3 is 0 Å². The zero-order valence-corrected chi connectivity index (χ0v) is 10.7. The molecule has 2 rings (SSSR count). The first-order valence-electron chi connectivity index (χ1n) is 6.57. The predicted octanol–water partition coefficient (Wildman–Crippen LogP) is -0.228. The maximum absolute atomic E-state index is 11.9. The summed E-state index contributed by atoms with van der Waals surface area (Å²) in [6.07, 6.45) is 3.17. The van der Waals surface area contributed by atoms with Crippen LogP contribution in [0.3, 0.4) is 0 Å². The molecule has 0 radical (unpaired) electrons. The fourth-order valence-corrected chi connectivity index (χ4v) is 2.30. The molecule has 0 aromatic carbocycles. The van der Waals surface area contributed by atoms with Crippen molar-refractivity contribution in [2.45, 2.75) is 44.8 Å². The minimum Gasteiger partial charge on any atom is -0.393 e. The molecular formula is C12H19N3O4. The van der Waals surface area contributed by atoms with Crippen LogP contribution in [0.25, 0.3) is 0 Å². The Labute approximate surface area is 111 Å². The highest BCUT2D eigenvalue weighted by Gasteiger charge is 2.25. The molecule has 0 unspecified atom stereocenters. The number of hydrogen-bond donors (Lipinski definition) is 3. The van der Waals surface area contributed by atoms with Gasteiger partial charge in [0.1, 0.15) is 6.61 Å². The van der Waals surface area contributed by atoms with Gasteiger partial charge in [0.2, 0.25) is 5.91 Å². The lowest BCUT2D eigenvalue weighted by Crippen LogP contribution is -2.36. The van der Waals surface area contributed by atoms with Crippen LogP contribution in [0, 0.1) is 5.92 Å². The Bertz CT molecular complexity index is 421. The van der Waals surface area contributed by atoms with Crippen LogP contribution < -0.4 is 5.32 Å². The number of carbonyl (C=O) groups is 1. The quantitative estimate of drug-likeness (QED) is 0.681. The van der Waals surface area contributed by atoms with E-state index in [1.165, 1.54) is 0 Å². The molecule has 7 nitrogen and oxygen atoms in total. The molecule has 1 aliphatic carbocycles. The van der Waals surface area contributed by atoms with Crippen LogP contribution in [-0.2, 0) is 17.8 Å². The second-order valence-electron chi connectivity index (χ2n) is 4.82. The van der Waals surface area contributed by atoms with Crippen molar-refractivity contribution in [2.75, 3.05) is 6.54 Å². The lowest BCUT2D eigenvalue weighted by molar-refractivity contribution is -0.127. The average Bonchev–Trinajstić information content (AvgIpc) is 2.86. The van der Waals surface area contributed by atoms with E-state index in [0.29, 0.717) is 25.2 Å². The number of nitrogens with zero attached hydrogens (tertiary/aromatic N) is 2. The van der Waals surface area contributed by atoms with Gasteiger partial charge in [-0.2, -0.15) is 4.98 Å². The summed E-state index contributed by atoms with van der Waals surface area (Å²) in [7, 11) is 0. The Morgan fingerprint density at radius 3 is 3.00 bits per heavy atom. The third-order valence-corrected chi connectivity index (χ3v) is 3.31. The van der Waals surface area contributed by atoms with Crippen LogP contribution in [0.1, 0.15) is 37.4 Å². The lowest BCUT2D eigenvalue weighted by atomic mass is 9.87. The third kappa shape index (κ3) is 4.00. The van der Waals surface area contributed by atoms with Gasteiger partial charge in [0.05, 0.1) is 6.10 Å². The lowest BCUT2D eigenvalue weighted by Gasteiger charge is -2.24. The summed E-state index contributed by atoms with van der Waals surface area (Å²) in [6, 6.07) is 0. The Balaban J connectivity index is 1.71. The van der Waals surface area contributed by atoms with Gasteiger partial charge in [-0.25, -0.2) is 0 Å². The van der Waals surface area contributed by atoms with Crippen molar-refractivity contribution in [1.29, 1.82) is 0 Å². The number of nitrogens with one attached hydrogen (secondary N) is 1. The summed E-state index contributed by atoms with van der Waals surface area (Å²) >= 11 is 0. The van der Waals surface area contributed by atoms with Gasteiger partial charge in [-0.3, -0.25) is 4.79 Å². The Morgan fingerprint density at radius 1 is 1.47 bits per heavy atom. The van der Waals surface area contributed by atoms with Gasteiger partial charge < -0.3 is 20.1 Å². The van der Waals surface area contributed by atoms with E-state index in [2.05, 4.69) is 15.5 Å². The Kier molecular flexibility index (Phi) is 4.86. The molecule has 7 heteroatoms. The highest BCUT2D eigenvalue weighted by Crippen LogP contribution is 2.24. The Morgan fingerprint density at radius 2 is 2.32 bits per heavy atom. The summed E-state index contributed by atoms with van der Waals surface area (Å²) in [4.78, 5) is 15.8. The van der Waals surface area contributed by atoms with Crippen molar-refractivity contribution >= 4 is 5.91 Å². The van der Waals surface area contributed by atoms with Gasteiger partial charge in [0.15, 0.2) is 5.82 Å². The second kappa shape index (κ2) is 6.63. The normalized spacial score (nSPS) is 23.3. The largest absolute Gasteiger partial charge is 0.393 e. The fraction of sp³-hybridized carbons (Fsp3) is 0.750. The molecule has 3 N–H and O–H groups in total. The molecule has 106 valence electrons.